The van der Waals surface area contributed by atoms with Gasteiger partial charge in [0.05, 0.1) is 16.5 Å². The predicted molar refractivity (Wildman–Crippen MR) is 151 cm³/mol. The van der Waals surface area contributed by atoms with E-state index in [1.165, 1.54) is 6.07 Å². The number of fused-ring (bicyclic) bond motifs is 3. The summed E-state index contributed by atoms with van der Waals surface area (Å²) in [5.74, 6) is 2.73. The number of phenolic OH excluding ortho intramolecular Hbond substituents is 1. The number of rotatable bonds is 5. The Balaban J connectivity index is 1.26. The lowest BCUT2D eigenvalue weighted by atomic mass is 9.95. The molecule has 0 saturated carbocycles. The number of pyridine rings is 1. The summed E-state index contributed by atoms with van der Waals surface area (Å²) in [6.07, 6.45) is 11.9. The summed E-state index contributed by atoms with van der Waals surface area (Å²) >= 11 is 0. The number of aromatic hydroxyl groups is 1. The maximum Gasteiger partial charge on any atom is 0.319 e. The van der Waals surface area contributed by atoms with Crippen LogP contribution in [-0.2, 0) is 0 Å². The van der Waals surface area contributed by atoms with Gasteiger partial charge in [-0.3, -0.25) is 9.88 Å². The third-order valence-electron chi connectivity index (χ3n) is 9.26. The molecule has 2 aromatic carbocycles. The van der Waals surface area contributed by atoms with Crippen molar-refractivity contribution in [1.82, 2.24) is 25.2 Å². The molecule has 40 heavy (non-hydrogen) atoms. The van der Waals surface area contributed by atoms with Crippen LogP contribution in [0.3, 0.4) is 0 Å². The van der Waals surface area contributed by atoms with Crippen LogP contribution in [0, 0.1) is 18.2 Å². The fraction of sp³-hybridized carbons (Fsp3) is 0.387. The van der Waals surface area contributed by atoms with E-state index >= 15 is 4.39 Å². The number of aromatic nitrogens is 3. The van der Waals surface area contributed by atoms with Crippen molar-refractivity contribution in [3.05, 3.63) is 47.9 Å². The van der Waals surface area contributed by atoms with Gasteiger partial charge in [-0.15, -0.1) is 6.42 Å². The second-order valence-corrected chi connectivity index (χ2v) is 11.8. The molecule has 2 N–H and O–H groups in total. The average molecular weight is 537 g/mol. The maximum absolute atomic E-state index is 16.5. The lowest BCUT2D eigenvalue weighted by molar-refractivity contribution is 0.108. The van der Waals surface area contributed by atoms with Gasteiger partial charge in [-0.2, -0.15) is 9.97 Å². The molecule has 4 aromatic rings. The van der Waals surface area contributed by atoms with Crippen molar-refractivity contribution < 1.29 is 14.2 Å². The first kappa shape index (κ1) is 23.9. The Bertz CT molecular complexity index is 1730. The fourth-order valence-corrected chi connectivity index (χ4v) is 7.08. The Morgan fingerprint density at radius 1 is 1.15 bits per heavy atom. The Hall–Kier alpha value is -4.00. The van der Waals surface area contributed by atoms with Crippen LogP contribution >= 0.6 is 0 Å². The second kappa shape index (κ2) is 8.50. The summed E-state index contributed by atoms with van der Waals surface area (Å²) in [4.78, 5) is 18.6. The number of nitrogens with zero attached hydrogens (tertiary/aromatic N) is 5. The molecule has 4 saturated heterocycles. The molecule has 8 rings (SSSR count). The number of halogens is 1. The van der Waals surface area contributed by atoms with Gasteiger partial charge in [0.25, 0.3) is 0 Å². The van der Waals surface area contributed by atoms with Crippen molar-refractivity contribution in [3.8, 4) is 35.4 Å². The molecule has 9 heteroatoms. The van der Waals surface area contributed by atoms with Crippen LogP contribution in [0.1, 0.15) is 31.2 Å². The zero-order valence-electron chi connectivity index (χ0n) is 22.1. The minimum Gasteiger partial charge on any atom is -0.508 e. The average Bonchev–Trinajstić information content (AvgIpc) is 3.50. The number of terminal acetylenes is 1. The van der Waals surface area contributed by atoms with Gasteiger partial charge in [0, 0.05) is 42.3 Å². The number of ether oxygens (including phenoxy) is 1. The molecule has 0 atom stereocenters. The van der Waals surface area contributed by atoms with E-state index in [0.717, 1.165) is 58.4 Å². The molecule has 0 aliphatic carbocycles. The highest BCUT2D eigenvalue weighted by Crippen LogP contribution is 2.42. The summed E-state index contributed by atoms with van der Waals surface area (Å²) in [5.41, 5.74) is 1.40. The van der Waals surface area contributed by atoms with Gasteiger partial charge in [-0.1, -0.05) is 18.1 Å². The highest BCUT2D eigenvalue weighted by molar-refractivity contribution is 6.02. The largest absolute Gasteiger partial charge is 0.508 e. The Morgan fingerprint density at radius 3 is 2.70 bits per heavy atom. The zero-order chi connectivity index (χ0) is 27.1. The molecule has 4 aliphatic heterocycles. The Morgan fingerprint density at radius 2 is 1.95 bits per heavy atom. The smallest absolute Gasteiger partial charge is 0.319 e. The standard InChI is InChI=1S/C31H29FN6O2/c1-2-19-6-3-7-20-12-21(39)13-22(24(19)20)26-25(32)27-23(14-33-26)28(37-16-30(17-37)15-34-30)36-29(35-27)40-18-31-8-4-10-38(31)11-5-9-31/h1,3,6-7,12-14,34,39H,4-5,8-11,15-18H2. The minimum absolute atomic E-state index is 0.00474. The molecule has 6 heterocycles. The second-order valence-electron chi connectivity index (χ2n) is 11.8. The van der Waals surface area contributed by atoms with E-state index < -0.39 is 5.82 Å². The molecule has 0 amide bonds. The van der Waals surface area contributed by atoms with E-state index in [2.05, 4.69) is 31.0 Å². The minimum atomic E-state index is -0.592. The number of phenols is 1. The lowest BCUT2D eigenvalue weighted by Crippen LogP contribution is -2.56. The van der Waals surface area contributed by atoms with Crippen molar-refractivity contribution in [2.75, 3.05) is 44.2 Å². The van der Waals surface area contributed by atoms with E-state index in [9.17, 15) is 5.11 Å². The molecule has 0 radical (unpaired) electrons. The molecule has 4 aliphatic rings. The van der Waals surface area contributed by atoms with E-state index in [1.807, 2.05) is 12.1 Å². The van der Waals surface area contributed by atoms with Crippen LogP contribution < -0.4 is 15.0 Å². The first-order valence-corrected chi connectivity index (χ1v) is 13.9. The molecular weight excluding hydrogens is 507 g/mol. The summed E-state index contributed by atoms with van der Waals surface area (Å²) in [5, 5.41) is 15.8. The van der Waals surface area contributed by atoms with E-state index in [-0.39, 0.29) is 34.0 Å². The maximum atomic E-state index is 16.5. The Labute approximate surface area is 231 Å². The molecule has 0 unspecified atom stereocenters. The molecule has 8 nitrogen and oxygen atoms in total. The first-order valence-electron chi connectivity index (χ1n) is 13.9. The summed E-state index contributed by atoms with van der Waals surface area (Å²) in [7, 11) is 0. The van der Waals surface area contributed by atoms with Crippen molar-refractivity contribution in [2.24, 2.45) is 0 Å². The van der Waals surface area contributed by atoms with Gasteiger partial charge in [-0.05, 0) is 62.4 Å². The predicted octanol–water partition coefficient (Wildman–Crippen LogP) is 3.84. The summed E-state index contributed by atoms with van der Waals surface area (Å²) in [6, 6.07) is 8.76. The van der Waals surface area contributed by atoms with Crippen LogP contribution in [-0.4, -0.2) is 75.4 Å². The lowest BCUT2D eigenvalue weighted by Gasteiger charge is -2.40. The van der Waals surface area contributed by atoms with Gasteiger partial charge >= 0.3 is 6.01 Å². The molecule has 2 aromatic heterocycles. The summed E-state index contributed by atoms with van der Waals surface area (Å²) < 4.78 is 22.8. The SMILES string of the molecule is C#Cc1cccc2cc(O)cc(-c3ncc4c(N5CC6(CN6)C5)nc(OCC56CCCN5CCC6)nc4c3F)c12. The highest BCUT2D eigenvalue weighted by Gasteiger charge is 2.53. The highest BCUT2D eigenvalue weighted by atomic mass is 19.1. The number of hydrogen-bond acceptors (Lipinski definition) is 8. The van der Waals surface area contributed by atoms with Gasteiger partial charge in [0.1, 0.15) is 29.4 Å². The van der Waals surface area contributed by atoms with Gasteiger partial charge in [0.2, 0.25) is 0 Å². The number of hydrogen-bond donors (Lipinski definition) is 2. The third kappa shape index (κ3) is 3.56. The number of anilines is 1. The number of nitrogens with one attached hydrogen (secondary N) is 1. The van der Waals surface area contributed by atoms with Gasteiger partial charge < -0.3 is 20.1 Å². The Kier molecular flexibility index (Phi) is 5.07. The quantitative estimate of drug-likeness (QED) is 0.294. The van der Waals surface area contributed by atoms with E-state index in [1.54, 1.807) is 18.3 Å². The molecule has 0 bridgehead atoms. The third-order valence-corrected chi connectivity index (χ3v) is 9.26. The van der Waals surface area contributed by atoms with Crippen molar-refractivity contribution in [2.45, 2.75) is 36.8 Å². The van der Waals surface area contributed by atoms with Crippen LogP contribution in [0.5, 0.6) is 11.8 Å². The monoisotopic (exact) mass is 536 g/mol. The van der Waals surface area contributed by atoms with Crippen LogP contribution in [0.2, 0.25) is 0 Å². The zero-order valence-corrected chi connectivity index (χ0v) is 22.1. The summed E-state index contributed by atoms with van der Waals surface area (Å²) in [6.45, 7) is 5.25. The van der Waals surface area contributed by atoms with Crippen molar-refractivity contribution in [3.63, 3.8) is 0 Å². The van der Waals surface area contributed by atoms with E-state index in [4.69, 9.17) is 16.1 Å². The molecule has 4 fully saturated rings. The van der Waals surface area contributed by atoms with Gasteiger partial charge in [-0.25, -0.2) is 4.39 Å². The van der Waals surface area contributed by atoms with Gasteiger partial charge in [0.15, 0.2) is 5.82 Å². The van der Waals surface area contributed by atoms with Crippen LogP contribution in [0.25, 0.3) is 32.9 Å². The molecule has 1 spiro atoms. The molecule has 202 valence electrons. The van der Waals surface area contributed by atoms with Crippen molar-refractivity contribution in [1.29, 1.82) is 0 Å². The number of benzene rings is 2. The first-order chi connectivity index (χ1) is 19.5. The van der Waals surface area contributed by atoms with Crippen LogP contribution in [0.15, 0.2) is 36.5 Å². The topological polar surface area (TPSA) is 96.6 Å². The fourth-order valence-electron chi connectivity index (χ4n) is 7.08. The molecular formula is C31H29FN6O2. The van der Waals surface area contributed by atoms with E-state index in [0.29, 0.717) is 39.7 Å². The normalized spacial score (nSPS) is 20.6. The van der Waals surface area contributed by atoms with Crippen molar-refractivity contribution >= 4 is 27.5 Å². The van der Waals surface area contributed by atoms with Crippen LogP contribution in [0.4, 0.5) is 10.2 Å².